The molecule has 0 heterocycles. The van der Waals surface area contributed by atoms with E-state index in [0.717, 1.165) is 17.0 Å². The Balaban J connectivity index is 0.00000256. The van der Waals surface area contributed by atoms with E-state index in [1.165, 1.54) is 95.5 Å². The Morgan fingerprint density at radius 3 is 1.53 bits per heavy atom. The van der Waals surface area contributed by atoms with E-state index in [9.17, 15) is 13.0 Å². The minimum absolute atomic E-state index is 0. The first kappa shape index (κ1) is 25.2. The Morgan fingerprint density at radius 1 is 0.667 bits per heavy atom. The van der Waals surface area contributed by atoms with Gasteiger partial charge in [-0.15, -0.1) is 0 Å². The van der Waals surface area contributed by atoms with Gasteiger partial charge in [-0.25, -0.2) is 0 Å². The zero-order chi connectivity index (χ0) is 20.3. The van der Waals surface area contributed by atoms with Crippen LogP contribution in [0.15, 0.2) is 29.2 Å². The van der Waals surface area contributed by atoms with Crippen LogP contribution in [0.5, 0.6) is 0 Å². The van der Waals surface area contributed by atoms with Gasteiger partial charge in [0, 0.05) is 0 Å². The summed E-state index contributed by atoms with van der Waals surface area (Å²) < 4.78 is 31.8. The molecule has 0 bridgehead atoms. The Morgan fingerprint density at radius 2 is 1.10 bits per heavy atom. The summed E-state index contributed by atoms with van der Waals surface area (Å²) in [5, 5.41) is 0. The van der Waals surface area contributed by atoms with E-state index in [-0.39, 0.29) is 42.4 Å². The van der Waals surface area contributed by atoms with Gasteiger partial charge in [0.15, 0.2) is 0 Å². The zero-order valence-corrected chi connectivity index (χ0v) is 19.3. The SMILES string of the molecule is O=S(=O)(O)c1ccc(C2CCC(P(C3CCCCC3)C3CCCCC3)CC2)cc1.[NaH]. The number of rotatable bonds is 5. The first-order valence-electron chi connectivity index (χ1n) is 11.9. The maximum atomic E-state index is 11.3. The summed E-state index contributed by atoms with van der Waals surface area (Å²) >= 11 is 0. The molecule has 0 aliphatic heterocycles. The van der Waals surface area contributed by atoms with Crippen LogP contribution >= 0.6 is 7.92 Å². The van der Waals surface area contributed by atoms with Crippen molar-refractivity contribution >= 4 is 47.6 Å². The minimum atomic E-state index is -4.09. The van der Waals surface area contributed by atoms with Crippen molar-refractivity contribution < 1.29 is 13.0 Å². The second-order valence-electron chi connectivity index (χ2n) is 9.58. The monoisotopic (exact) mass is 460 g/mol. The standard InChI is InChI=1S/C24H37O3PS.Na.H/c25-29(26,27)24-17-13-20(14-18-24)19-11-15-23(16-12-19)28(21-7-3-1-4-8-21)22-9-5-2-6-10-22;;/h13-14,17-19,21-23H,1-12,15-16H2,(H,25,26,27);;. The third-order valence-corrected chi connectivity index (χ3v) is 12.7. The summed E-state index contributed by atoms with van der Waals surface area (Å²) in [7, 11) is -3.93. The topological polar surface area (TPSA) is 54.4 Å². The molecule has 164 valence electrons. The van der Waals surface area contributed by atoms with Gasteiger partial charge in [0.2, 0.25) is 0 Å². The molecule has 1 aromatic carbocycles. The van der Waals surface area contributed by atoms with Crippen LogP contribution in [0.2, 0.25) is 0 Å². The van der Waals surface area contributed by atoms with Gasteiger partial charge in [0.1, 0.15) is 0 Å². The summed E-state index contributed by atoms with van der Waals surface area (Å²) in [6.45, 7) is 0. The van der Waals surface area contributed by atoms with Gasteiger partial charge in [-0.2, -0.15) is 8.42 Å². The van der Waals surface area contributed by atoms with Crippen molar-refractivity contribution in [2.24, 2.45) is 0 Å². The predicted molar refractivity (Wildman–Crippen MR) is 129 cm³/mol. The Labute approximate surface area is 207 Å². The van der Waals surface area contributed by atoms with Gasteiger partial charge < -0.3 is 0 Å². The van der Waals surface area contributed by atoms with E-state index in [4.69, 9.17) is 0 Å². The third-order valence-electron chi connectivity index (χ3n) is 7.76. The molecule has 0 atom stereocenters. The molecule has 3 nitrogen and oxygen atoms in total. The second-order valence-corrected chi connectivity index (χ2v) is 14.1. The van der Waals surface area contributed by atoms with Crippen LogP contribution in [0.1, 0.15) is 101 Å². The maximum absolute atomic E-state index is 11.3. The molecule has 0 radical (unpaired) electrons. The summed E-state index contributed by atoms with van der Waals surface area (Å²) in [5.74, 6) is 0.552. The molecule has 3 aliphatic carbocycles. The molecule has 1 aromatic rings. The molecule has 0 aromatic heterocycles. The van der Waals surface area contributed by atoms with Crippen LogP contribution in [-0.2, 0) is 10.1 Å². The Bertz CT molecular complexity index is 729. The van der Waals surface area contributed by atoms with Gasteiger partial charge in [0.25, 0.3) is 10.1 Å². The molecule has 30 heavy (non-hydrogen) atoms. The van der Waals surface area contributed by atoms with Gasteiger partial charge >= 0.3 is 29.6 Å². The normalized spacial score (nSPS) is 27.0. The molecule has 1 N–H and O–H groups in total. The van der Waals surface area contributed by atoms with Crippen LogP contribution in [-0.4, -0.2) is 59.5 Å². The van der Waals surface area contributed by atoms with E-state index in [2.05, 4.69) is 0 Å². The fourth-order valence-corrected chi connectivity index (χ4v) is 11.4. The van der Waals surface area contributed by atoms with Gasteiger partial charge in [0.05, 0.1) is 4.90 Å². The van der Waals surface area contributed by atoms with Crippen molar-refractivity contribution in [3.8, 4) is 0 Å². The summed E-state index contributed by atoms with van der Waals surface area (Å²) in [5.41, 5.74) is 4.29. The van der Waals surface area contributed by atoms with Crippen molar-refractivity contribution in [3.63, 3.8) is 0 Å². The van der Waals surface area contributed by atoms with E-state index in [1.807, 2.05) is 12.1 Å². The predicted octanol–water partition coefficient (Wildman–Crippen LogP) is 6.46. The van der Waals surface area contributed by atoms with E-state index >= 15 is 0 Å². The Kier molecular flexibility index (Phi) is 9.75. The molecule has 0 spiro atoms. The van der Waals surface area contributed by atoms with Crippen LogP contribution in [0, 0.1) is 0 Å². The first-order valence-corrected chi connectivity index (χ1v) is 14.9. The van der Waals surface area contributed by atoms with Crippen molar-refractivity contribution in [3.05, 3.63) is 29.8 Å². The van der Waals surface area contributed by atoms with Gasteiger partial charge in [-0.3, -0.25) is 4.55 Å². The number of benzene rings is 1. The van der Waals surface area contributed by atoms with Crippen LogP contribution in [0.4, 0.5) is 0 Å². The molecular formula is C24H38NaO3PS. The van der Waals surface area contributed by atoms with Gasteiger partial charge in [-0.05, 0) is 92.0 Å². The molecule has 3 saturated carbocycles. The molecule has 0 unspecified atom stereocenters. The van der Waals surface area contributed by atoms with E-state index in [0.29, 0.717) is 5.92 Å². The summed E-state index contributed by atoms with van der Waals surface area (Å²) in [6, 6.07) is 6.96. The average molecular weight is 461 g/mol. The molecular weight excluding hydrogens is 422 g/mol. The molecule has 0 amide bonds. The molecule has 3 fully saturated rings. The second kappa shape index (κ2) is 11.6. The molecule has 6 heteroatoms. The van der Waals surface area contributed by atoms with Crippen molar-refractivity contribution in [2.75, 3.05) is 0 Å². The van der Waals surface area contributed by atoms with Crippen molar-refractivity contribution in [1.82, 2.24) is 0 Å². The summed E-state index contributed by atoms with van der Waals surface area (Å²) in [4.78, 5) is 0.00746. The van der Waals surface area contributed by atoms with Crippen LogP contribution in [0.25, 0.3) is 0 Å². The molecule has 4 rings (SSSR count). The zero-order valence-electron chi connectivity index (χ0n) is 17.6. The molecule has 0 saturated heterocycles. The van der Waals surface area contributed by atoms with E-state index in [1.54, 1.807) is 12.1 Å². The number of hydrogen-bond acceptors (Lipinski definition) is 2. The van der Waals surface area contributed by atoms with Crippen LogP contribution in [0.3, 0.4) is 0 Å². The van der Waals surface area contributed by atoms with E-state index < -0.39 is 10.1 Å². The average Bonchev–Trinajstić information content (AvgIpc) is 2.76. The number of hydrogen-bond donors (Lipinski definition) is 1. The van der Waals surface area contributed by atoms with Crippen molar-refractivity contribution in [2.45, 2.75) is 118 Å². The quantitative estimate of drug-likeness (QED) is 0.312. The third kappa shape index (κ3) is 6.33. The summed E-state index contributed by atoms with van der Waals surface area (Å²) in [6.07, 6.45) is 20.0. The fraction of sp³-hybridized carbons (Fsp3) is 0.750. The fourth-order valence-electron chi connectivity index (χ4n) is 6.27. The van der Waals surface area contributed by atoms with Crippen LogP contribution < -0.4 is 0 Å². The first-order chi connectivity index (χ1) is 14.0. The van der Waals surface area contributed by atoms with Gasteiger partial charge in [-0.1, -0.05) is 58.6 Å². The van der Waals surface area contributed by atoms with Crippen molar-refractivity contribution in [1.29, 1.82) is 0 Å². The Hall–Kier alpha value is 0.560. The molecule has 3 aliphatic rings.